The van der Waals surface area contributed by atoms with Crippen molar-refractivity contribution in [2.45, 2.75) is 12.6 Å². The number of amides is 1. The second-order valence-corrected chi connectivity index (χ2v) is 6.77. The number of halogens is 3. The molecule has 0 radical (unpaired) electrons. The van der Waals surface area contributed by atoms with Crippen LogP contribution in [0.1, 0.15) is 22.3 Å². The highest BCUT2D eigenvalue weighted by Crippen LogP contribution is 2.30. The van der Waals surface area contributed by atoms with Crippen molar-refractivity contribution in [1.29, 1.82) is 0 Å². The molecule has 30 heavy (non-hydrogen) atoms. The molecule has 3 rings (SSSR count). The molecule has 1 fully saturated rings. The third-order valence-electron chi connectivity index (χ3n) is 4.90. The number of carbonyl (C=O) groups excluding carboxylic acids is 1. The molecule has 1 aliphatic rings. The molecule has 0 atom stereocenters. The molecule has 2 aromatic rings. The maximum Gasteiger partial charge on any atom is 0.417 e. The van der Waals surface area contributed by atoms with Gasteiger partial charge >= 0.3 is 6.18 Å². The highest BCUT2D eigenvalue weighted by Gasteiger charge is 2.31. The van der Waals surface area contributed by atoms with E-state index < -0.39 is 22.6 Å². The number of nitro benzene ring substituents is 1. The van der Waals surface area contributed by atoms with Gasteiger partial charge in [0.2, 0.25) is 0 Å². The highest BCUT2D eigenvalue weighted by atomic mass is 19.4. The van der Waals surface area contributed by atoms with Gasteiger partial charge in [-0.05, 0) is 24.6 Å². The molecule has 1 amide bonds. The van der Waals surface area contributed by atoms with E-state index in [0.717, 1.165) is 12.3 Å². The quantitative estimate of drug-likeness (QED) is 0.600. The largest absolute Gasteiger partial charge is 0.417 e. The van der Waals surface area contributed by atoms with Crippen LogP contribution < -0.4 is 15.1 Å². The summed E-state index contributed by atoms with van der Waals surface area (Å²) in [6.07, 6.45) is -2.95. The summed E-state index contributed by atoms with van der Waals surface area (Å²) >= 11 is 0. The molecule has 160 valence electrons. The van der Waals surface area contributed by atoms with Gasteiger partial charge < -0.3 is 15.1 Å². The number of nitrogens with one attached hydrogen (secondary N) is 1. The third kappa shape index (κ3) is 4.61. The number of alkyl halides is 3. The summed E-state index contributed by atoms with van der Waals surface area (Å²) in [7, 11) is 1.45. The summed E-state index contributed by atoms with van der Waals surface area (Å²) in [6.45, 7) is 2.11. The van der Waals surface area contributed by atoms with Gasteiger partial charge in [0.15, 0.2) is 0 Å². The Hall–Kier alpha value is -3.37. The van der Waals surface area contributed by atoms with Crippen LogP contribution in [-0.4, -0.2) is 49.0 Å². The van der Waals surface area contributed by atoms with Gasteiger partial charge in [-0.3, -0.25) is 14.9 Å². The minimum atomic E-state index is -4.44. The number of aromatic nitrogens is 1. The summed E-state index contributed by atoms with van der Waals surface area (Å²) in [5.74, 6) is 0.0132. The number of benzene rings is 1. The molecule has 0 unspecified atom stereocenters. The topological polar surface area (TPSA) is 91.6 Å². The van der Waals surface area contributed by atoms with Crippen molar-refractivity contribution in [2.75, 3.05) is 43.0 Å². The van der Waals surface area contributed by atoms with E-state index in [2.05, 4.69) is 10.3 Å². The minimum absolute atomic E-state index is 0.178. The second-order valence-electron chi connectivity index (χ2n) is 6.77. The predicted octanol–water partition coefficient (Wildman–Crippen LogP) is 3.08. The average molecular weight is 423 g/mol. The predicted molar refractivity (Wildman–Crippen MR) is 105 cm³/mol. The van der Waals surface area contributed by atoms with Crippen LogP contribution in [0.4, 0.5) is 30.4 Å². The Morgan fingerprint density at radius 2 is 1.83 bits per heavy atom. The van der Waals surface area contributed by atoms with E-state index in [1.54, 1.807) is 6.07 Å². The number of hydrogen-bond acceptors (Lipinski definition) is 6. The van der Waals surface area contributed by atoms with Crippen molar-refractivity contribution < 1.29 is 22.9 Å². The molecule has 11 heteroatoms. The molecule has 1 saturated heterocycles. The Morgan fingerprint density at radius 3 is 2.43 bits per heavy atom. The van der Waals surface area contributed by atoms with Gasteiger partial charge in [0.1, 0.15) is 5.82 Å². The Labute approximate surface area is 170 Å². The first-order valence-electron chi connectivity index (χ1n) is 9.24. The Kier molecular flexibility index (Phi) is 6.09. The van der Waals surface area contributed by atoms with E-state index in [9.17, 15) is 28.1 Å². The summed E-state index contributed by atoms with van der Waals surface area (Å²) in [5, 5.41) is 13.6. The lowest BCUT2D eigenvalue weighted by atomic mass is 10.1. The fourth-order valence-electron chi connectivity index (χ4n) is 3.36. The molecule has 0 spiro atoms. The van der Waals surface area contributed by atoms with Crippen LogP contribution in [0.25, 0.3) is 0 Å². The first-order valence-corrected chi connectivity index (χ1v) is 9.24. The summed E-state index contributed by atoms with van der Waals surface area (Å²) in [4.78, 5) is 30.5. The fourth-order valence-corrected chi connectivity index (χ4v) is 3.36. The van der Waals surface area contributed by atoms with Crippen LogP contribution in [0.2, 0.25) is 0 Å². The van der Waals surface area contributed by atoms with Crippen molar-refractivity contribution in [2.24, 2.45) is 0 Å². The number of hydrogen-bond donors (Lipinski definition) is 1. The second kappa shape index (κ2) is 8.56. The standard InChI is InChI=1S/C19H20F3N5O3/c1-23-18(28)15-11-14(27(29)30)4-5-16(15)25-7-2-8-26(10-9-25)17-6-3-13(12-24-17)19(20,21)22/h3-6,11-12H,2,7-10H2,1H3,(H,23,28). The van der Waals surface area contributed by atoms with Crippen molar-refractivity contribution in [3.05, 3.63) is 57.8 Å². The van der Waals surface area contributed by atoms with Gasteiger partial charge in [0.25, 0.3) is 11.6 Å². The summed E-state index contributed by atoms with van der Waals surface area (Å²) < 4.78 is 38.2. The average Bonchev–Trinajstić information content (AvgIpc) is 2.98. The Balaban J connectivity index is 1.80. The van der Waals surface area contributed by atoms with Crippen LogP contribution in [0.15, 0.2) is 36.5 Å². The van der Waals surface area contributed by atoms with Crippen LogP contribution in [-0.2, 0) is 6.18 Å². The number of rotatable bonds is 4. The number of anilines is 2. The molecule has 0 aliphatic carbocycles. The molecule has 1 aromatic carbocycles. The molecule has 8 nitrogen and oxygen atoms in total. The molecule has 1 N–H and O–H groups in total. The van der Waals surface area contributed by atoms with Crippen molar-refractivity contribution in [1.82, 2.24) is 10.3 Å². The van der Waals surface area contributed by atoms with Crippen molar-refractivity contribution in [3.63, 3.8) is 0 Å². The number of carbonyl (C=O) groups is 1. The Morgan fingerprint density at radius 1 is 1.13 bits per heavy atom. The molecule has 1 aliphatic heterocycles. The monoisotopic (exact) mass is 423 g/mol. The van der Waals surface area contributed by atoms with Crippen LogP contribution in [0.5, 0.6) is 0 Å². The van der Waals surface area contributed by atoms with Crippen molar-refractivity contribution >= 4 is 23.1 Å². The van der Waals surface area contributed by atoms with E-state index >= 15 is 0 Å². The van der Waals surface area contributed by atoms with Gasteiger partial charge in [0, 0.05) is 51.6 Å². The third-order valence-corrected chi connectivity index (χ3v) is 4.90. The van der Waals surface area contributed by atoms with Crippen LogP contribution in [0, 0.1) is 10.1 Å². The SMILES string of the molecule is CNC(=O)c1cc([N+](=O)[O-])ccc1N1CCCN(c2ccc(C(F)(F)F)cn2)CC1. The van der Waals surface area contributed by atoms with Crippen LogP contribution in [0.3, 0.4) is 0 Å². The lowest BCUT2D eigenvalue weighted by molar-refractivity contribution is -0.384. The minimum Gasteiger partial charge on any atom is -0.369 e. The number of nitrogens with zero attached hydrogens (tertiary/aromatic N) is 4. The highest BCUT2D eigenvalue weighted by molar-refractivity contribution is 6.00. The van der Waals surface area contributed by atoms with Gasteiger partial charge in [-0.1, -0.05) is 0 Å². The van der Waals surface area contributed by atoms with Gasteiger partial charge in [-0.15, -0.1) is 0 Å². The fraction of sp³-hybridized carbons (Fsp3) is 0.368. The lowest BCUT2D eigenvalue weighted by Crippen LogP contribution is -2.32. The van der Waals surface area contributed by atoms with Gasteiger partial charge in [-0.2, -0.15) is 13.2 Å². The van der Waals surface area contributed by atoms with Gasteiger partial charge in [0.05, 0.1) is 21.7 Å². The number of non-ortho nitro benzene ring substituents is 1. The zero-order chi connectivity index (χ0) is 21.9. The first kappa shape index (κ1) is 21.3. The summed E-state index contributed by atoms with van der Waals surface area (Å²) in [5.41, 5.74) is -0.207. The molecule has 0 bridgehead atoms. The maximum atomic E-state index is 12.7. The Bertz CT molecular complexity index is 934. The van der Waals surface area contributed by atoms with E-state index in [1.807, 2.05) is 9.80 Å². The lowest BCUT2D eigenvalue weighted by Gasteiger charge is -2.26. The van der Waals surface area contributed by atoms with Crippen molar-refractivity contribution in [3.8, 4) is 0 Å². The normalized spacial score (nSPS) is 14.9. The van der Waals surface area contributed by atoms with Crippen LogP contribution >= 0.6 is 0 Å². The molecule has 2 heterocycles. The first-order chi connectivity index (χ1) is 14.2. The molecule has 0 saturated carbocycles. The van der Waals surface area contributed by atoms with E-state index in [0.29, 0.717) is 44.1 Å². The zero-order valence-corrected chi connectivity index (χ0v) is 16.1. The zero-order valence-electron chi connectivity index (χ0n) is 16.1. The molecular weight excluding hydrogens is 403 g/mol. The van der Waals surface area contributed by atoms with E-state index in [-0.39, 0.29) is 11.3 Å². The maximum absolute atomic E-state index is 12.7. The van der Waals surface area contributed by atoms with Gasteiger partial charge in [-0.25, -0.2) is 4.98 Å². The van der Waals surface area contributed by atoms with E-state index in [4.69, 9.17) is 0 Å². The summed E-state index contributed by atoms with van der Waals surface area (Å²) in [6, 6.07) is 6.50. The number of pyridine rings is 1. The molecular formula is C19H20F3N5O3. The number of nitro groups is 1. The van der Waals surface area contributed by atoms with E-state index in [1.165, 1.54) is 25.2 Å². The molecule has 1 aromatic heterocycles. The smallest absolute Gasteiger partial charge is 0.369 e.